The van der Waals surface area contributed by atoms with E-state index < -0.39 is 6.09 Å². The van der Waals surface area contributed by atoms with E-state index in [0.29, 0.717) is 44.2 Å². The predicted octanol–water partition coefficient (Wildman–Crippen LogP) is 1.07. The quantitative estimate of drug-likeness (QED) is 0.700. The summed E-state index contributed by atoms with van der Waals surface area (Å²) in [5, 5.41) is 14.8. The lowest BCUT2D eigenvalue weighted by Gasteiger charge is -2.38. The average molecular weight is 418 g/mol. The number of carbonyl (C=O) groups excluding carboxylic acids is 2. The molecule has 8 heteroatoms. The van der Waals surface area contributed by atoms with E-state index in [1.807, 2.05) is 17.7 Å². The second-order valence-corrected chi connectivity index (χ2v) is 9.32. The van der Waals surface area contributed by atoms with Crippen molar-refractivity contribution < 1.29 is 19.2 Å². The van der Waals surface area contributed by atoms with Crippen LogP contribution in [-0.4, -0.2) is 75.7 Å². The zero-order chi connectivity index (χ0) is 21.1. The van der Waals surface area contributed by atoms with Crippen LogP contribution in [0.2, 0.25) is 0 Å². The molecule has 1 aliphatic carbocycles. The molecule has 0 radical (unpaired) electrons. The summed E-state index contributed by atoms with van der Waals surface area (Å²) in [5.41, 5.74) is 0. The third kappa shape index (κ3) is 4.70. The first-order valence-corrected chi connectivity index (χ1v) is 11.6. The Bertz CT molecular complexity index is 754. The Kier molecular flexibility index (Phi) is 6.43. The van der Waals surface area contributed by atoms with Gasteiger partial charge in [0.2, 0.25) is 5.91 Å². The number of carbonyl (C=O) groups is 2. The van der Waals surface area contributed by atoms with E-state index in [1.165, 1.54) is 0 Å². The predicted molar refractivity (Wildman–Crippen MR) is 111 cm³/mol. The van der Waals surface area contributed by atoms with E-state index in [0.717, 1.165) is 63.9 Å². The number of nitrogens with zero attached hydrogens (tertiary/aromatic N) is 4. The monoisotopic (exact) mass is 417 g/mol. The highest BCUT2D eigenvalue weighted by molar-refractivity contribution is 5.76. The van der Waals surface area contributed by atoms with E-state index in [4.69, 9.17) is 0 Å². The first-order chi connectivity index (χ1) is 14.5. The summed E-state index contributed by atoms with van der Waals surface area (Å²) < 4.78 is 2.12. The number of quaternary nitrogens is 1. The van der Waals surface area contributed by atoms with E-state index in [-0.39, 0.29) is 10.4 Å². The molecule has 4 rings (SSSR count). The Hall–Kier alpha value is -1.93. The van der Waals surface area contributed by atoms with Crippen LogP contribution < -0.4 is 10.4 Å². The average Bonchev–Trinajstić information content (AvgIpc) is 3.48. The van der Waals surface area contributed by atoms with Crippen molar-refractivity contribution in [2.75, 3.05) is 32.7 Å². The van der Waals surface area contributed by atoms with Crippen LogP contribution >= 0.6 is 0 Å². The standard InChI is InChI=1S/C22H35N5O3/c1-2-27(22(29)30)14-3-4-19(9-15-27)25-11-7-17(8-12-25)21-23-10-13-26(21)16-20(28)24-18-5-6-18/h10,13,17-19H,2-9,11-12,14-16H2,1H3,(H-,24,28,29,30). The maximum Gasteiger partial charge on any atom is 0.257 e. The van der Waals surface area contributed by atoms with Crippen molar-refractivity contribution in [2.24, 2.45) is 0 Å². The molecule has 0 aromatic carbocycles. The summed E-state index contributed by atoms with van der Waals surface area (Å²) in [7, 11) is 0. The lowest BCUT2D eigenvalue weighted by molar-refractivity contribution is -0.873. The number of hydrogen-bond donors (Lipinski definition) is 1. The maximum absolute atomic E-state index is 12.2. The minimum Gasteiger partial charge on any atom is -0.498 e. The maximum atomic E-state index is 12.2. The molecule has 0 bridgehead atoms. The van der Waals surface area contributed by atoms with Gasteiger partial charge in [0.1, 0.15) is 12.4 Å². The highest BCUT2D eigenvalue weighted by Crippen LogP contribution is 2.31. The van der Waals surface area contributed by atoms with Crippen LogP contribution in [0.3, 0.4) is 0 Å². The largest absolute Gasteiger partial charge is 0.498 e. The summed E-state index contributed by atoms with van der Waals surface area (Å²) in [4.78, 5) is 31.0. The fourth-order valence-electron chi connectivity index (χ4n) is 5.27. The lowest BCUT2D eigenvalue weighted by atomic mass is 9.93. The zero-order valence-corrected chi connectivity index (χ0v) is 18.1. The van der Waals surface area contributed by atoms with Gasteiger partial charge in [-0.05, 0) is 58.5 Å². The molecule has 1 N–H and O–H groups in total. The van der Waals surface area contributed by atoms with Gasteiger partial charge >= 0.3 is 0 Å². The molecular weight excluding hydrogens is 382 g/mol. The Morgan fingerprint density at radius 1 is 1.17 bits per heavy atom. The second kappa shape index (κ2) is 9.06. The van der Waals surface area contributed by atoms with Gasteiger partial charge in [0.15, 0.2) is 0 Å². The third-order valence-corrected chi connectivity index (χ3v) is 7.42. The number of piperidine rings is 1. The normalized spacial score (nSPS) is 28.8. The molecule has 0 spiro atoms. The smallest absolute Gasteiger partial charge is 0.257 e. The Morgan fingerprint density at radius 2 is 1.93 bits per heavy atom. The van der Waals surface area contributed by atoms with Gasteiger partial charge < -0.3 is 24.7 Å². The number of aromatic nitrogens is 2. The molecule has 2 unspecified atom stereocenters. The van der Waals surface area contributed by atoms with Crippen molar-refractivity contribution in [3.05, 3.63) is 18.2 Å². The summed E-state index contributed by atoms with van der Waals surface area (Å²) in [6.07, 6.45) is 9.99. The van der Waals surface area contributed by atoms with Gasteiger partial charge in [0.05, 0.1) is 19.6 Å². The molecule has 1 saturated carbocycles. The molecule has 3 aliphatic rings. The minimum atomic E-state index is -0.922. The van der Waals surface area contributed by atoms with Crippen LogP contribution in [0, 0.1) is 0 Å². The van der Waals surface area contributed by atoms with E-state index >= 15 is 0 Å². The molecule has 2 amide bonds. The van der Waals surface area contributed by atoms with Crippen molar-refractivity contribution in [3.8, 4) is 0 Å². The highest BCUT2D eigenvalue weighted by atomic mass is 16.4. The van der Waals surface area contributed by atoms with Gasteiger partial charge in [-0.2, -0.15) is 0 Å². The number of rotatable bonds is 6. The van der Waals surface area contributed by atoms with Gasteiger partial charge in [0, 0.05) is 36.8 Å². The molecule has 3 heterocycles. The summed E-state index contributed by atoms with van der Waals surface area (Å²) in [6, 6.07) is 0.843. The molecule has 8 nitrogen and oxygen atoms in total. The molecule has 166 valence electrons. The van der Waals surface area contributed by atoms with Crippen LogP contribution in [0.1, 0.15) is 63.6 Å². The molecule has 30 heavy (non-hydrogen) atoms. The fourth-order valence-corrected chi connectivity index (χ4v) is 5.27. The Labute approximate surface area is 178 Å². The molecule has 3 fully saturated rings. The van der Waals surface area contributed by atoms with Crippen molar-refractivity contribution in [1.82, 2.24) is 19.8 Å². The number of carboxylic acid groups (broad SMARTS) is 1. The topological polar surface area (TPSA) is 90.3 Å². The number of nitrogens with one attached hydrogen (secondary N) is 1. The van der Waals surface area contributed by atoms with Crippen LogP contribution in [0.25, 0.3) is 0 Å². The van der Waals surface area contributed by atoms with E-state index in [9.17, 15) is 14.7 Å². The number of amides is 2. The first-order valence-electron chi connectivity index (χ1n) is 11.6. The molecule has 2 atom stereocenters. The molecular formula is C22H35N5O3. The zero-order valence-electron chi connectivity index (χ0n) is 18.1. The third-order valence-electron chi connectivity index (χ3n) is 7.42. The van der Waals surface area contributed by atoms with E-state index in [1.54, 1.807) is 6.20 Å². The second-order valence-electron chi connectivity index (χ2n) is 9.32. The van der Waals surface area contributed by atoms with Crippen molar-refractivity contribution in [3.63, 3.8) is 0 Å². The summed E-state index contributed by atoms with van der Waals surface area (Å²) in [6.45, 7) is 6.29. The highest BCUT2D eigenvalue weighted by Gasteiger charge is 2.35. The summed E-state index contributed by atoms with van der Waals surface area (Å²) >= 11 is 0. The van der Waals surface area contributed by atoms with Gasteiger partial charge in [-0.1, -0.05) is 0 Å². The number of hydrogen-bond acceptors (Lipinski definition) is 5. The van der Waals surface area contributed by atoms with Gasteiger partial charge in [-0.25, -0.2) is 4.98 Å². The number of likely N-dealkylation sites (tertiary alicyclic amines) is 2. The van der Waals surface area contributed by atoms with Crippen LogP contribution in [0.4, 0.5) is 4.79 Å². The molecule has 2 aliphatic heterocycles. The van der Waals surface area contributed by atoms with E-state index in [2.05, 4.69) is 15.2 Å². The van der Waals surface area contributed by atoms with Gasteiger partial charge in [-0.3, -0.25) is 9.28 Å². The van der Waals surface area contributed by atoms with Crippen molar-refractivity contribution >= 4 is 12.0 Å². The Morgan fingerprint density at radius 3 is 2.60 bits per heavy atom. The van der Waals surface area contributed by atoms with Crippen LogP contribution in [0.15, 0.2) is 12.4 Å². The molecule has 2 saturated heterocycles. The number of imidazole rings is 1. The molecule has 1 aromatic heterocycles. The lowest BCUT2D eigenvalue weighted by Crippen LogP contribution is -2.59. The molecule has 1 aromatic rings. The minimum absolute atomic E-state index is 0.0816. The van der Waals surface area contributed by atoms with Crippen LogP contribution in [0.5, 0.6) is 0 Å². The SMILES string of the molecule is CC[N+]1(C(=O)[O-])CCCC(N2CCC(c3nccn3CC(=O)NC3CC3)CC2)CC1. The van der Waals surface area contributed by atoms with Crippen LogP contribution in [-0.2, 0) is 11.3 Å². The first kappa shape index (κ1) is 21.3. The van der Waals surface area contributed by atoms with Gasteiger partial charge in [0.25, 0.3) is 6.09 Å². The van der Waals surface area contributed by atoms with Gasteiger partial charge in [-0.15, -0.1) is 0 Å². The van der Waals surface area contributed by atoms with Crippen molar-refractivity contribution in [2.45, 2.75) is 76.4 Å². The Balaban J connectivity index is 1.31. The van der Waals surface area contributed by atoms with Crippen molar-refractivity contribution in [1.29, 1.82) is 0 Å². The summed E-state index contributed by atoms with van der Waals surface area (Å²) in [5.74, 6) is 1.49. The fraction of sp³-hybridized carbons (Fsp3) is 0.773.